The molecule has 0 spiro atoms. The van der Waals surface area contributed by atoms with Gasteiger partial charge in [-0.05, 0) is 51.1 Å². The second kappa shape index (κ2) is 17.3. The molecule has 11 nitrogen and oxygen atoms in total. The number of amides is 3. The predicted molar refractivity (Wildman–Crippen MR) is 140 cm³/mol. The van der Waals surface area contributed by atoms with Crippen molar-refractivity contribution in [3.05, 3.63) is 22.1 Å². The molecule has 1 aromatic rings. The van der Waals surface area contributed by atoms with E-state index < -0.39 is 41.4 Å². The van der Waals surface area contributed by atoms with Gasteiger partial charge in [-0.3, -0.25) is 24.3 Å². The number of H-pyrrole nitrogens is 2. The zero-order chi connectivity index (χ0) is 30.2. The van der Waals surface area contributed by atoms with Crippen molar-refractivity contribution >= 4 is 17.7 Å². The predicted octanol–water partition coefficient (Wildman–Crippen LogP) is 2.12. The Morgan fingerprint density at radius 3 is 2.15 bits per heavy atom. The summed E-state index contributed by atoms with van der Waals surface area (Å²) < 4.78 is 37.7. The van der Waals surface area contributed by atoms with Crippen LogP contribution in [0.25, 0.3) is 0 Å². The maximum absolute atomic E-state index is 12.7. The van der Waals surface area contributed by atoms with Crippen LogP contribution in [0, 0.1) is 23.7 Å². The number of aromatic nitrogens is 2. The molecule has 0 aromatic carbocycles. The van der Waals surface area contributed by atoms with Crippen molar-refractivity contribution in [2.45, 2.75) is 85.5 Å². The smallest absolute Gasteiger partial charge is 0.341 e. The molecule has 2 heterocycles. The molecule has 1 saturated heterocycles. The van der Waals surface area contributed by atoms with E-state index in [1.807, 2.05) is 0 Å². The number of hydrogen-bond donors (Lipinski definition) is 5. The number of nitrogens with zero attached hydrogens (tertiary/aromatic N) is 2. The van der Waals surface area contributed by atoms with Crippen LogP contribution < -0.4 is 21.5 Å². The van der Waals surface area contributed by atoms with Crippen LogP contribution in [0.3, 0.4) is 0 Å². The summed E-state index contributed by atoms with van der Waals surface area (Å²) in [6.45, 7) is 13.0. The summed E-state index contributed by atoms with van der Waals surface area (Å²) in [4.78, 5) is 47.6. The fraction of sp³-hybridized carbons (Fsp3) is 0.720. The Balaban J connectivity index is 0.000000833. The van der Waals surface area contributed by atoms with E-state index in [0.717, 1.165) is 5.56 Å². The van der Waals surface area contributed by atoms with E-state index in [9.17, 15) is 32.3 Å². The number of carbonyl (C=O) groups is 3. The third kappa shape index (κ3) is 13.3. The highest BCUT2D eigenvalue weighted by Crippen LogP contribution is 2.27. The molecule has 0 bridgehead atoms. The fourth-order valence-electron chi connectivity index (χ4n) is 3.43. The third-order valence-corrected chi connectivity index (χ3v) is 5.51. The van der Waals surface area contributed by atoms with Gasteiger partial charge in [0.05, 0.1) is 6.07 Å². The van der Waals surface area contributed by atoms with E-state index in [4.69, 9.17) is 5.26 Å². The topological polar surface area (TPSA) is 163 Å². The minimum Gasteiger partial charge on any atom is -0.341 e. The van der Waals surface area contributed by atoms with Crippen LogP contribution in [0.4, 0.5) is 13.2 Å². The van der Waals surface area contributed by atoms with Crippen LogP contribution in [-0.4, -0.2) is 77.3 Å². The molecule has 2 atom stereocenters. The standard InChI is InChI=1S/C15H21F3N4O3.C6H15N.C4H6N2O/c1-14(2,3)10(21-13(25)15(16,17)18)12(24)22-8-4-5-9(22)11(23)20-7-6-19;1-3-5-7-6-4-2;1-3-2-5-6-4(3)7/h9-10H,4-5,7-8H2,1-3H3,(H,20,23)(H,21,25);7H,3-6H2,1-2H3;2H,1H3,(H2,5,6,7)/t9?,10-;;/m1../s1. The summed E-state index contributed by atoms with van der Waals surface area (Å²) in [5.74, 6) is -3.49. The lowest BCUT2D eigenvalue weighted by molar-refractivity contribution is -0.176. The van der Waals surface area contributed by atoms with E-state index in [2.05, 4.69) is 34.7 Å². The first-order chi connectivity index (χ1) is 18.1. The van der Waals surface area contributed by atoms with Crippen LogP contribution in [0.15, 0.2) is 11.0 Å². The Bertz CT molecular complexity index is 989. The van der Waals surface area contributed by atoms with Gasteiger partial charge in [0.1, 0.15) is 18.6 Å². The average Bonchev–Trinajstić information content (AvgIpc) is 3.49. The number of nitriles is 1. The molecule has 1 aliphatic heterocycles. The highest BCUT2D eigenvalue weighted by atomic mass is 19.4. The van der Waals surface area contributed by atoms with Crippen LogP contribution in [-0.2, 0) is 14.4 Å². The van der Waals surface area contributed by atoms with Crippen LogP contribution in [0.5, 0.6) is 0 Å². The second-order valence-electron chi connectivity index (χ2n) is 10.0. The summed E-state index contributed by atoms with van der Waals surface area (Å²) in [5, 5.41) is 20.8. The number of nitrogens with one attached hydrogen (secondary N) is 5. The third-order valence-electron chi connectivity index (χ3n) is 5.51. The van der Waals surface area contributed by atoms with Gasteiger partial charge in [0, 0.05) is 18.3 Å². The Kier molecular flexibility index (Phi) is 15.8. The van der Waals surface area contributed by atoms with Gasteiger partial charge in [0.15, 0.2) is 0 Å². The van der Waals surface area contributed by atoms with Crippen molar-refractivity contribution in [2.75, 3.05) is 26.2 Å². The minimum absolute atomic E-state index is 0.0417. The number of halogens is 3. The summed E-state index contributed by atoms with van der Waals surface area (Å²) in [6, 6.07) is -0.568. The molecule has 1 aromatic heterocycles. The number of aryl methyl sites for hydroxylation is 1. The van der Waals surface area contributed by atoms with Crippen molar-refractivity contribution < 1.29 is 27.6 Å². The first kappa shape index (κ1) is 35.7. The molecule has 14 heteroatoms. The molecule has 222 valence electrons. The molecule has 3 amide bonds. The van der Waals surface area contributed by atoms with E-state index >= 15 is 0 Å². The molecule has 1 aliphatic rings. The van der Waals surface area contributed by atoms with Crippen LogP contribution in [0.2, 0.25) is 0 Å². The maximum Gasteiger partial charge on any atom is 0.471 e. The summed E-state index contributed by atoms with van der Waals surface area (Å²) in [7, 11) is 0. The van der Waals surface area contributed by atoms with E-state index in [1.54, 1.807) is 24.5 Å². The normalized spacial score (nSPS) is 15.6. The molecule has 39 heavy (non-hydrogen) atoms. The Labute approximate surface area is 227 Å². The molecule has 2 rings (SSSR count). The average molecular weight is 562 g/mol. The molecule has 0 aliphatic carbocycles. The zero-order valence-electron chi connectivity index (χ0n) is 23.6. The van der Waals surface area contributed by atoms with Crippen molar-refractivity contribution in [2.24, 2.45) is 5.41 Å². The number of carbonyl (C=O) groups excluding carboxylic acids is 3. The number of aromatic amines is 2. The van der Waals surface area contributed by atoms with Gasteiger partial charge in [0.25, 0.3) is 5.56 Å². The highest BCUT2D eigenvalue weighted by Gasteiger charge is 2.46. The zero-order valence-corrected chi connectivity index (χ0v) is 23.6. The van der Waals surface area contributed by atoms with Crippen LogP contribution >= 0.6 is 0 Å². The van der Waals surface area contributed by atoms with Crippen molar-refractivity contribution in [3.8, 4) is 6.07 Å². The van der Waals surface area contributed by atoms with Crippen molar-refractivity contribution in [3.63, 3.8) is 0 Å². The molecule has 5 N–H and O–H groups in total. The summed E-state index contributed by atoms with van der Waals surface area (Å²) >= 11 is 0. The molecule has 1 fully saturated rings. The monoisotopic (exact) mass is 561 g/mol. The lowest BCUT2D eigenvalue weighted by Gasteiger charge is -2.35. The Morgan fingerprint density at radius 2 is 1.77 bits per heavy atom. The van der Waals surface area contributed by atoms with Gasteiger partial charge in [-0.1, -0.05) is 34.6 Å². The molecular weight excluding hydrogens is 519 g/mol. The van der Waals surface area contributed by atoms with E-state index in [0.29, 0.717) is 12.8 Å². The van der Waals surface area contributed by atoms with Crippen molar-refractivity contribution in [1.82, 2.24) is 31.0 Å². The lowest BCUT2D eigenvalue weighted by atomic mass is 9.85. The number of alkyl halides is 3. The minimum atomic E-state index is -5.11. The SMILES string of the molecule is CC(C)(C)[C@H](NC(=O)C(F)(F)F)C(=O)N1CCCC1C(=O)NCC#N.CCCNCCC.Cc1c[nH][nH]c1=O. The van der Waals surface area contributed by atoms with Gasteiger partial charge in [0.2, 0.25) is 11.8 Å². The number of rotatable bonds is 8. The van der Waals surface area contributed by atoms with Gasteiger partial charge in [-0.15, -0.1) is 0 Å². The summed E-state index contributed by atoms with van der Waals surface area (Å²) in [6.07, 6.45) is -0.145. The van der Waals surface area contributed by atoms with E-state index in [1.165, 1.54) is 51.6 Å². The first-order valence-corrected chi connectivity index (χ1v) is 12.9. The molecular formula is C25H42F3N7O4. The maximum atomic E-state index is 12.7. The fourth-order valence-corrected chi connectivity index (χ4v) is 3.43. The molecule has 1 unspecified atom stereocenters. The molecule has 0 radical (unpaired) electrons. The van der Waals surface area contributed by atoms with Crippen LogP contribution in [0.1, 0.15) is 65.9 Å². The molecule has 0 saturated carbocycles. The Morgan fingerprint density at radius 1 is 1.18 bits per heavy atom. The largest absolute Gasteiger partial charge is 0.471 e. The second-order valence-corrected chi connectivity index (χ2v) is 10.0. The Hall–Kier alpha value is -3.34. The van der Waals surface area contributed by atoms with E-state index in [-0.39, 0.29) is 18.6 Å². The van der Waals surface area contributed by atoms with Gasteiger partial charge < -0.3 is 25.9 Å². The summed E-state index contributed by atoms with van der Waals surface area (Å²) in [5.41, 5.74) is -0.311. The first-order valence-electron chi connectivity index (χ1n) is 12.9. The number of likely N-dealkylation sites (tertiary alicyclic amines) is 1. The van der Waals surface area contributed by atoms with Gasteiger partial charge >= 0.3 is 12.1 Å². The lowest BCUT2D eigenvalue weighted by Crippen LogP contribution is -2.59. The number of hydrogen-bond acceptors (Lipinski definition) is 6. The quantitative estimate of drug-likeness (QED) is 0.241. The van der Waals surface area contributed by atoms with Gasteiger partial charge in [-0.2, -0.15) is 18.4 Å². The van der Waals surface area contributed by atoms with Crippen molar-refractivity contribution in [1.29, 1.82) is 5.26 Å². The van der Waals surface area contributed by atoms with Gasteiger partial charge in [-0.25, -0.2) is 0 Å². The highest BCUT2D eigenvalue weighted by molar-refractivity contribution is 5.94.